The Kier molecular flexibility index (Phi) is 6.05. The van der Waals surface area contributed by atoms with Crippen LogP contribution in [-0.4, -0.2) is 11.1 Å². The number of amides is 1. The number of hydrogen-bond donors (Lipinski definition) is 2. The molecule has 0 atom stereocenters. The van der Waals surface area contributed by atoms with Gasteiger partial charge in [0, 0.05) is 12.1 Å². The Balaban J connectivity index is 1.53. The number of alkyl halides is 6. The molecule has 0 aliphatic rings. The summed E-state index contributed by atoms with van der Waals surface area (Å²) < 4.78 is 87.6. The van der Waals surface area contributed by atoms with Gasteiger partial charge >= 0.3 is 12.4 Å². The SMILES string of the molecule is Nc1onc(-c2ccc(-c3cccc(C(F)(F)F)c3)o2)c1C(=O)NCc1ccc(C(F)(F)F)cc1. The number of nitrogens with one attached hydrogen (secondary N) is 1. The van der Waals surface area contributed by atoms with Gasteiger partial charge in [-0.1, -0.05) is 29.4 Å². The smallest absolute Gasteiger partial charge is 0.416 e. The fourth-order valence-electron chi connectivity index (χ4n) is 3.24. The lowest BCUT2D eigenvalue weighted by Crippen LogP contribution is -2.23. The van der Waals surface area contributed by atoms with Gasteiger partial charge < -0.3 is 20.0 Å². The fraction of sp³-hybridized carbons (Fsp3) is 0.130. The second-order valence-electron chi connectivity index (χ2n) is 7.39. The number of carbonyl (C=O) groups is 1. The number of furan rings is 1. The maximum atomic E-state index is 13.0. The number of nitrogens with zero attached hydrogens (tertiary/aromatic N) is 1. The number of hydrogen-bond acceptors (Lipinski definition) is 5. The van der Waals surface area contributed by atoms with E-state index in [0.29, 0.717) is 5.56 Å². The highest BCUT2D eigenvalue weighted by molar-refractivity contribution is 6.03. The lowest BCUT2D eigenvalue weighted by molar-refractivity contribution is -0.138. The zero-order valence-corrected chi connectivity index (χ0v) is 17.5. The van der Waals surface area contributed by atoms with E-state index in [0.717, 1.165) is 24.3 Å². The maximum Gasteiger partial charge on any atom is 0.416 e. The molecule has 35 heavy (non-hydrogen) atoms. The summed E-state index contributed by atoms with van der Waals surface area (Å²) in [5, 5.41) is 6.21. The van der Waals surface area contributed by atoms with E-state index in [-0.39, 0.29) is 40.8 Å². The number of anilines is 1. The zero-order valence-electron chi connectivity index (χ0n) is 17.5. The van der Waals surface area contributed by atoms with Gasteiger partial charge in [0.15, 0.2) is 11.5 Å². The average Bonchev–Trinajstić information content (AvgIpc) is 3.43. The molecule has 4 rings (SSSR count). The molecular formula is C23H15F6N3O3. The minimum absolute atomic E-state index is 0.0116. The Labute approximate surface area is 193 Å². The summed E-state index contributed by atoms with van der Waals surface area (Å²) in [6, 6.07) is 11.5. The molecule has 3 N–H and O–H groups in total. The van der Waals surface area contributed by atoms with E-state index in [1.54, 1.807) is 0 Å². The minimum atomic E-state index is -4.54. The number of halogens is 6. The van der Waals surface area contributed by atoms with Gasteiger partial charge in [-0.25, -0.2) is 0 Å². The third-order valence-electron chi connectivity index (χ3n) is 4.99. The minimum Gasteiger partial charge on any atom is -0.454 e. The maximum absolute atomic E-state index is 13.0. The number of carbonyl (C=O) groups excluding carboxylic acids is 1. The lowest BCUT2D eigenvalue weighted by atomic mass is 10.1. The second-order valence-corrected chi connectivity index (χ2v) is 7.39. The van der Waals surface area contributed by atoms with Crippen LogP contribution in [0.4, 0.5) is 32.2 Å². The summed E-state index contributed by atoms with van der Waals surface area (Å²) in [6.45, 7) is -0.116. The Morgan fingerprint density at radius 2 is 1.54 bits per heavy atom. The van der Waals surface area contributed by atoms with E-state index < -0.39 is 29.4 Å². The fourth-order valence-corrected chi connectivity index (χ4v) is 3.24. The van der Waals surface area contributed by atoms with E-state index in [1.165, 1.54) is 36.4 Å². The monoisotopic (exact) mass is 495 g/mol. The number of rotatable bonds is 5. The van der Waals surface area contributed by atoms with Gasteiger partial charge in [0.1, 0.15) is 11.3 Å². The number of aromatic nitrogens is 1. The number of benzene rings is 2. The predicted molar refractivity (Wildman–Crippen MR) is 112 cm³/mol. The van der Waals surface area contributed by atoms with Crippen LogP contribution in [0.1, 0.15) is 27.0 Å². The topological polar surface area (TPSA) is 94.3 Å². The molecule has 0 fully saturated rings. The van der Waals surface area contributed by atoms with Crippen molar-refractivity contribution in [2.24, 2.45) is 0 Å². The molecule has 0 saturated heterocycles. The molecule has 0 bridgehead atoms. The molecule has 0 aliphatic heterocycles. The predicted octanol–water partition coefficient (Wildman–Crippen LogP) is 6.15. The van der Waals surface area contributed by atoms with Crippen LogP contribution in [0.3, 0.4) is 0 Å². The van der Waals surface area contributed by atoms with Crippen LogP contribution in [0.2, 0.25) is 0 Å². The first-order valence-electron chi connectivity index (χ1n) is 9.91. The molecular weight excluding hydrogens is 480 g/mol. The molecule has 2 aromatic heterocycles. The first-order valence-corrected chi connectivity index (χ1v) is 9.91. The van der Waals surface area contributed by atoms with Gasteiger partial charge in [-0.3, -0.25) is 4.79 Å². The van der Waals surface area contributed by atoms with Crippen molar-refractivity contribution < 1.29 is 40.1 Å². The standard InChI is InChI=1S/C23H15F6N3O3/c24-22(25,26)14-6-4-12(5-7-14)11-31-21(33)18-19(32-35-20(18)30)17-9-8-16(34-17)13-2-1-3-15(10-13)23(27,28)29/h1-10H,11,30H2,(H,31,33). The molecule has 0 aliphatic carbocycles. The molecule has 12 heteroatoms. The van der Waals surface area contributed by atoms with Crippen LogP contribution in [-0.2, 0) is 18.9 Å². The summed E-state index contributed by atoms with van der Waals surface area (Å²) in [6.07, 6.45) is -9.02. The number of nitrogen functional groups attached to an aromatic ring is 1. The third kappa shape index (κ3) is 5.15. The highest BCUT2D eigenvalue weighted by Crippen LogP contribution is 2.35. The van der Waals surface area contributed by atoms with Crippen molar-refractivity contribution in [3.05, 3.63) is 82.9 Å². The van der Waals surface area contributed by atoms with E-state index in [4.69, 9.17) is 14.7 Å². The van der Waals surface area contributed by atoms with Gasteiger partial charge in [0.25, 0.3) is 5.91 Å². The molecule has 0 radical (unpaired) electrons. The van der Waals surface area contributed by atoms with Crippen LogP contribution in [0.25, 0.3) is 22.8 Å². The summed E-state index contributed by atoms with van der Waals surface area (Å²) in [5.41, 5.74) is 4.29. The zero-order chi connectivity index (χ0) is 25.4. The van der Waals surface area contributed by atoms with Crippen LogP contribution < -0.4 is 11.1 Å². The van der Waals surface area contributed by atoms with Crippen molar-refractivity contribution in [3.63, 3.8) is 0 Å². The van der Waals surface area contributed by atoms with Crippen LogP contribution in [0, 0.1) is 0 Å². The summed E-state index contributed by atoms with van der Waals surface area (Å²) >= 11 is 0. The highest BCUT2D eigenvalue weighted by Gasteiger charge is 2.31. The van der Waals surface area contributed by atoms with Crippen molar-refractivity contribution in [3.8, 4) is 22.8 Å². The molecule has 0 unspecified atom stereocenters. The highest BCUT2D eigenvalue weighted by atomic mass is 19.4. The Morgan fingerprint density at radius 3 is 2.20 bits per heavy atom. The lowest BCUT2D eigenvalue weighted by Gasteiger charge is -2.08. The van der Waals surface area contributed by atoms with Gasteiger partial charge in [-0.2, -0.15) is 26.3 Å². The van der Waals surface area contributed by atoms with E-state index in [2.05, 4.69) is 10.5 Å². The average molecular weight is 495 g/mol. The Morgan fingerprint density at radius 1 is 0.886 bits per heavy atom. The summed E-state index contributed by atoms with van der Waals surface area (Å²) in [5.74, 6) is -0.987. The van der Waals surface area contributed by atoms with Crippen molar-refractivity contribution in [1.82, 2.24) is 10.5 Å². The van der Waals surface area contributed by atoms with Crippen LogP contribution in [0.5, 0.6) is 0 Å². The first kappa shape index (κ1) is 23.9. The second kappa shape index (κ2) is 8.85. The van der Waals surface area contributed by atoms with E-state index in [9.17, 15) is 31.1 Å². The van der Waals surface area contributed by atoms with E-state index in [1.807, 2.05) is 0 Å². The molecule has 0 spiro atoms. The van der Waals surface area contributed by atoms with E-state index >= 15 is 0 Å². The molecule has 1 amide bonds. The van der Waals surface area contributed by atoms with Crippen LogP contribution in [0.15, 0.2) is 69.6 Å². The Bertz CT molecular complexity index is 1350. The van der Waals surface area contributed by atoms with Crippen molar-refractivity contribution in [2.75, 3.05) is 5.73 Å². The summed E-state index contributed by atoms with van der Waals surface area (Å²) in [7, 11) is 0. The molecule has 2 aromatic carbocycles. The van der Waals surface area contributed by atoms with Gasteiger partial charge in [0.05, 0.1) is 11.1 Å². The molecule has 4 aromatic rings. The summed E-state index contributed by atoms with van der Waals surface area (Å²) in [4.78, 5) is 12.7. The van der Waals surface area contributed by atoms with Crippen molar-refractivity contribution >= 4 is 11.8 Å². The number of nitrogens with two attached hydrogens (primary N) is 1. The normalized spacial score (nSPS) is 12.1. The van der Waals surface area contributed by atoms with Crippen LogP contribution >= 0.6 is 0 Å². The molecule has 2 heterocycles. The molecule has 182 valence electrons. The largest absolute Gasteiger partial charge is 0.454 e. The van der Waals surface area contributed by atoms with Crippen molar-refractivity contribution in [1.29, 1.82) is 0 Å². The van der Waals surface area contributed by atoms with Gasteiger partial charge in [0.2, 0.25) is 5.88 Å². The molecule has 0 saturated carbocycles. The van der Waals surface area contributed by atoms with Crippen molar-refractivity contribution in [2.45, 2.75) is 18.9 Å². The quantitative estimate of drug-likeness (QED) is 0.324. The third-order valence-corrected chi connectivity index (χ3v) is 4.99. The van der Waals surface area contributed by atoms with Gasteiger partial charge in [-0.05, 0) is 42.0 Å². The first-order chi connectivity index (χ1) is 16.4. The Hall–Kier alpha value is -4.22. The molecule has 6 nitrogen and oxygen atoms in total. The van der Waals surface area contributed by atoms with Gasteiger partial charge in [-0.15, -0.1) is 0 Å².